The molecule has 0 bridgehead atoms. The van der Waals surface area contributed by atoms with Gasteiger partial charge in [0.05, 0.1) is 29.3 Å². The van der Waals surface area contributed by atoms with Crippen LogP contribution in [0.15, 0.2) is 24.4 Å². The van der Waals surface area contributed by atoms with Gasteiger partial charge in [-0.3, -0.25) is 4.98 Å². The molecule has 3 heterocycles. The number of hydrogen-bond acceptors (Lipinski definition) is 6. The average molecular weight is 454 g/mol. The predicted octanol–water partition coefficient (Wildman–Crippen LogP) is 2.20. The molecule has 12 heteroatoms. The molecule has 2 aliphatic heterocycles. The maximum Gasteiger partial charge on any atom is 0.490 e. The van der Waals surface area contributed by atoms with Crippen LogP contribution in [0.1, 0.15) is 32.4 Å². The first kappa shape index (κ1) is 24.5. The topological polar surface area (TPSA) is 106 Å². The Labute approximate surface area is 173 Å². The highest BCUT2D eigenvalue weighted by atomic mass is 32.2. The van der Waals surface area contributed by atoms with Crippen molar-refractivity contribution in [2.24, 2.45) is 0 Å². The maximum absolute atomic E-state index is 12.2. The molecule has 3 rings (SSSR count). The van der Waals surface area contributed by atoms with Crippen LogP contribution in [0, 0.1) is 0 Å². The number of rotatable bonds is 5. The summed E-state index contributed by atoms with van der Waals surface area (Å²) < 4.78 is 69.4. The SMILES string of the molecule is CC(C)S(=O)(=O)N1CC2(CC(OCc3ccccn3)CCO2)C1.O=C(O)C(F)(F)F. The number of alkyl halides is 3. The fraction of sp³-hybridized carbons (Fsp3) is 0.667. The smallest absolute Gasteiger partial charge is 0.475 e. The molecule has 0 radical (unpaired) electrons. The first-order chi connectivity index (χ1) is 13.9. The molecular weight excluding hydrogens is 429 g/mol. The van der Waals surface area contributed by atoms with Crippen molar-refractivity contribution in [2.45, 2.75) is 56.4 Å². The maximum atomic E-state index is 12.2. The standard InChI is InChI=1S/C16H24N2O4S.C2HF3O2/c1-13(2)23(19,20)18-11-16(12-18)9-15(6-8-22-16)21-10-14-5-3-4-7-17-14;3-2(4,5)1(6)7/h3-5,7,13,15H,6,8-12H2,1-2H3;(H,6,7). The molecule has 1 aromatic heterocycles. The Bertz CT molecular complexity index is 811. The Morgan fingerprint density at radius 2 is 2.03 bits per heavy atom. The van der Waals surface area contributed by atoms with Crippen LogP contribution in [-0.4, -0.2) is 71.6 Å². The van der Waals surface area contributed by atoms with E-state index in [0.717, 1.165) is 18.5 Å². The number of sulfonamides is 1. The summed E-state index contributed by atoms with van der Waals surface area (Å²) in [6, 6.07) is 5.76. The van der Waals surface area contributed by atoms with Crippen molar-refractivity contribution in [3.63, 3.8) is 0 Å². The monoisotopic (exact) mass is 454 g/mol. The van der Waals surface area contributed by atoms with Crippen molar-refractivity contribution in [3.05, 3.63) is 30.1 Å². The Balaban J connectivity index is 0.000000396. The Morgan fingerprint density at radius 3 is 2.53 bits per heavy atom. The summed E-state index contributed by atoms with van der Waals surface area (Å²) in [4.78, 5) is 13.1. The third-order valence-electron chi connectivity index (χ3n) is 4.77. The van der Waals surface area contributed by atoms with Gasteiger partial charge in [0.2, 0.25) is 10.0 Å². The number of nitrogens with zero attached hydrogens (tertiary/aromatic N) is 2. The van der Waals surface area contributed by atoms with Gasteiger partial charge in [-0.25, -0.2) is 13.2 Å². The van der Waals surface area contributed by atoms with Gasteiger partial charge >= 0.3 is 12.1 Å². The second-order valence-corrected chi connectivity index (χ2v) is 9.93. The molecule has 2 saturated heterocycles. The molecule has 30 heavy (non-hydrogen) atoms. The summed E-state index contributed by atoms with van der Waals surface area (Å²) in [6.07, 6.45) is -1.66. The number of aliphatic carboxylic acids is 1. The van der Waals surface area contributed by atoms with Gasteiger partial charge in [-0.2, -0.15) is 17.5 Å². The number of carboxylic acid groups (broad SMARTS) is 1. The van der Waals surface area contributed by atoms with E-state index in [1.165, 1.54) is 4.31 Å². The van der Waals surface area contributed by atoms with Gasteiger partial charge in [0, 0.05) is 32.3 Å². The molecule has 1 unspecified atom stereocenters. The van der Waals surface area contributed by atoms with E-state index in [4.69, 9.17) is 19.4 Å². The molecule has 2 fully saturated rings. The summed E-state index contributed by atoms with van der Waals surface area (Å²) in [5.41, 5.74) is 0.542. The van der Waals surface area contributed by atoms with E-state index >= 15 is 0 Å². The van der Waals surface area contributed by atoms with Crippen LogP contribution in [0.3, 0.4) is 0 Å². The lowest BCUT2D eigenvalue weighted by atomic mass is 9.86. The van der Waals surface area contributed by atoms with E-state index in [2.05, 4.69) is 4.98 Å². The molecule has 1 N–H and O–H groups in total. The highest BCUT2D eigenvalue weighted by Gasteiger charge is 2.52. The fourth-order valence-electron chi connectivity index (χ4n) is 3.11. The van der Waals surface area contributed by atoms with Gasteiger partial charge in [-0.05, 0) is 32.4 Å². The number of carbonyl (C=O) groups is 1. The number of halogens is 3. The number of pyridine rings is 1. The Hall–Kier alpha value is -1.76. The predicted molar refractivity (Wildman–Crippen MR) is 100 cm³/mol. The van der Waals surface area contributed by atoms with Crippen molar-refractivity contribution in [3.8, 4) is 0 Å². The van der Waals surface area contributed by atoms with Gasteiger partial charge in [0.15, 0.2) is 0 Å². The summed E-state index contributed by atoms with van der Waals surface area (Å²) in [5.74, 6) is -2.76. The third kappa shape index (κ3) is 6.37. The van der Waals surface area contributed by atoms with Crippen LogP contribution in [0.4, 0.5) is 13.2 Å². The van der Waals surface area contributed by atoms with Crippen LogP contribution in [-0.2, 0) is 30.9 Å². The van der Waals surface area contributed by atoms with E-state index in [0.29, 0.717) is 26.3 Å². The minimum atomic E-state index is -5.08. The van der Waals surface area contributed by atoms with Gasteiger partial charge < -0.3 is 14.6 Å². The lowest BCUT2D eigenvalue weighted by molar-refractivity contribution is -0.192. The van der Waals surface area contributed by atoms with E-state index in [9.17, 15) is 21.6 Å². The molecule has 1 spiro atoms. The van der Waals surface area contributed by atoms with Gasteiger partial charge in [0.25, 0.3) is 0 Å². The normalized spacial score (nSPS) is 21.6. The van der Waals surface area contributed by atoms with Gasteiger partial charge in [-0.1, -0.05) is 6.07 Å². The summed E-state index contributed by atoms with van der Waals surface area (Å²) in [6.45, 7) is 5.40. The molecule has 0 aliphatic carbocycles. The highest BCUT2D eigenvalue weighted by Crippen LogP contribution is 2.37. The van der Waals surface area contributed by atoms with Crippen molar-refractivity contribution in [1.29, 1.82) is 0 Å². The van der Waals surface area contributed by atoms with Crippen LogP contribution in [0.25, 0.3) is 0 Å². The summed E-state index contributed by atoms with van der Waals surface area (Å²) in [5, 5.41) is 6.74. The van der Waals surface area contributed by atoms with Crippen LogP contribution >= 0.6 is 0 Å². The second-order valence-electron chi connectivity index (χ2n) is 7.44. The minimum absolute atomic E-state index is 0.0923. The molecule has 0 amide bonds. The van der Waals surface area contributed by atoms with Crippen LogP contribution < -0.4 is 0 Å². The van der Waals surface area contributed by atoms with Crippen molar-refractivity contribution < 1.29 is 41.0 Å². The average Bonchev–Trinajstić information content (AvgIpc) is 2.65. The van der Waals surface area contributed by atoms with E-state index in [1.807, 2.05) is 18.2 Å². The zero-order valence-electron chi connectivity index (χ0n) is 16.6. The summed E-state index contributed by atoms with van der Waals surface area (Å²) in [7, 11) is -3.19. The molecular formula is C18H25F3N2O6S. The van der Waals surface area contributed by atoms with Crippen LogP contribution in [0.2, 0.25) is 0 Å². The van der Waals surface area contributed by atoms with Crippen LogP contribution in [0.5, 0.6) is 0 Å². The van der Waals surface area contributed by atoms with Gasteiger partial charge in [0.1, 0.15) is 0 Å². The van der Waals surface area contributed by atoms with E-state index in [1.54, 1.807) is 20.0 Å². The zero-order valence-corrected chi connectivity index (χ0v) is 17.4. The zero-order chi connectivity index (χ0) is 22.6. The molecule has 0 aromatic carbocycles. The van der Waals surface area contributed by atoms with Crippen molar-refractivity contribution >= 4 is 16.0 Å². The first-order valence-corrected chi connectivity index (χ1v) is 10.8. The van der Waals surface area contributed by atoms with E-state index < -0.39 is 22.2 Å². The Morgan fingerprint density at radius 1 is 1.40 bits per heavy atom. The highest BCUT2D eigenvalue weighted by molar-refractivity contribution is 7.89. The fourth-order valence-corrected chi connectivity index (χ4v) is 4.53. The molecule has 2 aliphatic rings. The van der Waals surface area contributed by atoms with Crippen molar-refractivity contribution in [1.82, 2.24) is 9.29 Å². The number of hydrogen-bond donors (Lipinski definition) is 1. The molecule has 1 atom stereocenters. The minimum Gasteiger partial charge on any atom is -0.475 e. The number of carboxylic acids is 1. The molecule has 170 valence electrons. The quantitative estimate of drug-likeness (QED) is 0.727. The second kappa shape index (κ2) is 9.58. The van der Waals surface area contributed by atoms with Gasteiger partial charge in [-0.15, -0.1) is 0 Å². The lowest BCUT2D eigenvalue weighted by Crippen LogP contribution is -2.67. The molecule has 1 aromatic rings. The lowest BCUT2D eigenvalue weighted by Gasteiger charge is -2.52. The Kier molecular flexibility index (Phi) is 7.83. The number of ether oxygens (including phenoxy) is 2. The number of aromatic nitrogens is 1. The summed E-state index contributed by atoms with van der Waals surface area (Å²) >= 11 is 0. The first-order valence-electron chi connectivity index (χ1n) is 9.30. The largest absolute Gasteiger partial charge is 0.490 e. The van der Waals surface area contributed by atoms with Crippen molar-refractivity contribution in [2.75, 3.05) is 19.7 Å². The molecule has 0 saturated carbocycles. The third-order valence-corrected chi connectivity index (χ3v) is 6.94. The molecule has 8 nitrogen and oxygen atoms in total. The van der Waals surface area contributed by atoms with E-state index in [-0.39, 0.29) is 17.0 Å².